The fourth-order valence-electron chi connectivity index (χ4n) is 3.23. The molecule has 0 spiro atoms. The van der Waals surface area contributed by atoms with Crippen LogP contribution in [0.3, 0.4) is 0 Å². The fraction of sp³-hybridized carbons (Fsp3) is 0.273. The van der Waals surface area contributed by atoms with Crippen molar-refractivity contribution >= 4 is 23.4 Å². The van der Waals surface area contributed by atoms with E-state index in [1.54, 1.807) is 37.6 Å². The molecule has 27 heavy (non-hydrogen) atoms. The van der Waals surface area contributed by atoms with Crippen molar-refractivity contribution in [3.05, 3.63) is 65.2 Å². The third kappa shape index (κ3) is 3.87. The average Bonchev–Trinajstić information content (AvgIpc) is 2.66. The van der Waals surface area contributed by atoms with Crippen LogP contribution in [-0.2, 0) is 0 Å². The smallest absolute Gasteiger partial charge is 0.271 e. The van der Waals surface area contributed by atoms with E-state index in [9.17, 15) is 4.79 Å². The first-order valence-corrected chi connectivity index (χ1v) is 8.87. The van der Waals surface area contributed by atoms with Crippen molar-refractivity contribution < 1.29 is 9.53 Å². The van der Waals surface area contributed by atoms with Crippen LogP contribution in [-0.4, -0.2) is 31.8 Å². The standard InChI is InChI=1S/C22H25N3O2/c1-15-13-22(2,3)25(4)20-11-6-16(12-19(15)20)14-23-24-21(26)17-7-9-18(27-5)10-8-17/h6-14H,1-5H3,(H,24,26)/b23-14+. The summed E-state index contributed by atoms with van der Waals surface area (Å²) in [6.45, 7) is 6.52. The lowest BCUT2D eigenvalue weighted by atomic mass is 9.89. The molecule has 0 fully saturated rings. The Balaban J connectivity index is 1.73. The number of amides is 1. The highest BCUT2D eigenvalue weighted by atomic mass is 16.5. The predicted octanol–water partition coefficient (Wildman–Crippen LogP) is 4.09. The molecule has 0 saturated heterocycles. The van der Waals surface area contributed by atoms with Gasteiger partial charge < -0.3 is 9.64 Å². The zero-order chi connectivity index (χ0) is 19.6. The van der Waals surface area contributed by atoms with Gasteiger partial charge in [-0.3, -0.25) is 4.79 Å². The number of fused-ring (bicyclic) bond motifs is 1. The number of ether oxygens (including phenoxy) is 1. The van der Waals surface area contributed by atoms with Gasteiger partial charge in [-0.2, -0.15) is 5.10 Å². The van der Waals surface area contributed by atoms with Crippen molar-refractivity contribution in [2.75, 3.05) is 19.1 Å². The van der Waals surface area contributed by atoms with E-state index < -0.39 is 0 Å². The fourth-order valence-corrected chi connectivity index (χ4v) is 3.23. The van der Waals surface area contributed by atoms with Gasteiger partial charge in [0, 0.05) is 23.9 Å². The van der Waals surface area contributed by atoms with Gasteiger partial charge in [0.1, 0.15) is 5.75 Å². The number of allylic oxidation sites excluding steroid dienone is 1. The minimum Gasteiger partial charge on any atom is -0.497 e. The summed E-state index contributed by atoms with van der Waals surface area (Å²) in [5.74, 6) is 0.449. The molecule has 5 nitrogen and oxygen atoms in total. The molecule has 1 N–H and O–H groups in total. The topological polar surface area (TPSA) is 53.9 Å². The van der Waals surface area contributed by atoms with Gasteiger partial charge in [-0.05, 0) is 68.3 Å². The van der Waals surface area contributed by atoms with E-state index in [1.807, 2.05) is 6.07 Å². The third-order valence-electron chi connectivity index (χ3n) is 4.97. The molecule has 140 valence electrons. The van der Waals surface area contributed by atoms with Gasteiger partial charge >= 0.3 is 0 Å². The Morgan fingerprint density at radius 3 is 2.56 bits per heavy atom. The molecule has 0 aliphatic carbocycles. The van der Waals surface area contributed by atoms with Crippen LogP contribution in [0.4, 0.5) is 5.69 Å². The maximum absolute atomic E-state index is 12.2. The summed E-state index contributed by atoms with van der Waals surface area (Å²) in [5, 5.41) is 4.09. The normalized spacial score (nSPS) is 15.3. The van der Waals surface area contributed by atoms with Gasteiger partial charge in [0.25, 0.3) is 5.91 Å². The predicted molar refractivity (Wildman–Crippen MR) is 111 cm³/mol. The minimum absolute atomic E-state index is 0.0149. The quantitative estimate of drug-likeness (QED) is 0.657. The lowest BCUT2D eigenvalue weighted by Crippen LogP contribution is -2.42. The monoisotopic (exact) mass is 363 g/mol. The van der Waals surface area contributed by atoms with E-state index >= 15 is 0 Å². The zero-order valence-corrected chi connectivity index (χ0v) is 16.4. The van der Waals surface area contributed by atoms with E-state index in [4.69, 9.17) is 4.74 Å². The maximum atomic E-state index is 12.2. The molecule has 1 amide bonds. The molecule has 3 rings (SSSR count). The number of carbonyl (C=O) groups excluding carboxylic acids is 1. The summed E-state index contributed by atoms with van der Waals surface area (Å²) in [4.78, 5) is 14.4. The number of nitrogens with one attached hydrogen (secondary N) is 1. The van der Waals surface area contributed by atoms with Crippen LogP contribution < -0.4 is 15.1 Å². The van der Waals surface area contributed by atoms with Crippen LogP contribution in [0.1, 0.15) is 42.3 Å². The largest absolute Gasteiger partial charge is 0.497 e. The van der Waals surface area contributed by atoms with Gasteiger partial charge in [0.2, 0.25) is 0 Å². The number of hydrogen-bond donors (Lipinski definition) is 1. The summed E-state index contributed by atoms with van der Waals surface area (Å²) in [6, 6.07) is 13.1. The van der Waals surface area contributed by atoms with E-state index in [-0.39, 0.29) is 11.4 Å². The maximum Gasteiger partial charge on any atom is 0.271 e. The van der Waals surface area contributed by atoms with E-state index in [2.05, 4.69) is 61.5 Å². The highest BCUT2D eigenvalue weighted by Gasteiger charge is 2.28. The molecule has 0 atom stereocenters. The first-order chi connectivity index (χ1) is 12.8. The summed E-state index contributed by atoms with van der Waals surface area (Å²) in [5.41, 5.74) is 7.63. The molecule has 1 heterocycles. The number of carbonyl (C=O) groups is 1. The van der Waals surface area contributed by atoms with Crippen LogP contribution in [0.2, 0.25) is 0 Å². The summed E-state index contributed by atoms with van der Waals surface area (Å²) >= 11 is 0. The van der Waals surface area contributed by atoms with Gasteiger partial charge in [0.15, 0.2) is 0 Å². The number of rotatable bonds is 4. The number of hydrogen-bond acceptors (Lipinski definition) is 4. The van der Waals surface area contributed by atoms with Gasteiger partial charge in [-0.15, -0.1) is 0 Å². The lowest BCUT2D eigenvalue weighted by molar-refractivity contribution is 0.0955. The highest BCUT2D eigenvalue weighted by Crippen LogP contribution is 2.37. The Bertz CT molecular complexity index is 912. The van der Waals surface area contributed by atoms with E-state index in [0.29, 0.717) is 11.3 Å². The van der Waals surface area contributed by atoms with Crippen LogP contribution in [0.25, 0.3) is 5.57 Å². The summed E-state index contributed by atoms with van der Waals surface area (Å²) < 4.78 is 5.09. The molecule has 1 aliphatic rings. The molecule has 0 aromatic heterocycles. The Hall–Kier alpha value is -3.08. The lowest BCUT2D eigenvalue weighted by Gasteiger charge is -2.40. The van der Waals surface area contributed by atoms with Crippen molar-refractivity contribution in [2.45, 2.75) is 26.3 Å². The first kappa shape index (κ1) is 18.7. The van der Waals surface area contributed by atoms with Crippen LogP contribution in [0, 0.1) is 0 Å². The second-order valence-corrected chi connectivity index (χ2v) is 7.24. The van der Waals surface area contributed by atoms with Gasteiger partial charge in [0.05, 0.1) is 18.9 Å². The SMILES string of the molecule is COc1ccc(C(=O)N/N=C/c2ccc3c(c2)C(C)=CC(C)(C)N3C)cc1. The molecule has 2 aromatic rings. The Morgan fingerprint density at radius 2 is 1.89 bits per heavy atom. The Morgan fingerprint density at radius 1 is 1.19 bits per heavy atom. The second-order valence-electron chi connectivity index (χ2n) is 7.24. The number of benzene rings is 2. The zero-order valence-electron chi connectivity index (χ0n) is 16.4. The minimum atomic E-state index is -0.260. The van der Waals surface area contributed by atoms with Crippen molar-refractivity contribution in [3.8, 4) is 5.75 Å². The molecule has 2 aromatic carbocycles. The third-order valence-corrected chi connectivity index (χ3v) is 4.97. The highest BCUT2D eigenvalue weighted by molar-refractivity contribution is 5.95. The van der Waals surface area contributed by atoms with Gasteiger partial charge in [-0.1, -0.05) is 12.1 Å². The van der Waals surface area contributed by atoms with Crippen LogP contribution >= 0.6 is 0 Å². The Kier molecular flexibility index (Phi) is 5.04. The molecule has 5 heteroatoms. The van der Waals surface area contributed by atoms with Crippen molar-refractivity contribution in [1.82, 2.24) is 5.43 Å². The average molecular weight is 363 g/mol. The number of methoxy groups -OCH3 is 1. The van der Waals surface area contributed by atoms with E-state index in [0.717, 1.165) is 5.56 Å². The number of likely N-dealkylation sites (N-methyl/N-ethyl adjacent to an activating group) is 1. The van der Waals surface area contributed by atoms with Crippen molar-refractivity contribution in [3.63, 3.8) is 0 Å². The molecule has 0 bridgehead atoms. The Labute approximate surface area is 160 Å². The molecular formula is C22H25N3O2. The van der Waals surface area contributed by atoms with Crippen molar-refractivity contribution in [2.24, 2.45) is 5.10 Å². The number of nitrogens with zero attached hydrogens (tertiary/aromatic N) is 2. The molecular weight excluding hydrogens is 338 g/mol. The van der Waals surface area contributed by atoms with Gasteiger partial charge in [-0.25, -0.2) is 5.43 Å². The van der Waals surface area contributed by atoms with Crippen LogP contribution in [0.15, 0.2) is 53.6 Å². The molecule has 0 radical (unpaired) electrons. The molecule has 0 unspecified atom stereocenters. The summed E-state index contributed by atoms with van der Waals surface area (Å²) in [6.07, 6.45) is 3.93. The number of hydrazone groups is 1. The van der Waals surface area contributed by atoms with E-state index in [1.165, 1.54) is 16.8 Å². The molecule has 0 saturated carbocycles. The first-order valence-electron chi connectivity index (χ1n) is 8.87. The number of anilines is 1. The second kappa shape index (κ2) is 7.27. The molecule has 1 aliphatic heterocycles. The van der Waals surface area contributed by atoms with Crippen molar-refractivity contribution in [1.29, 1.82) is 0 Å². The van der Waals surface area contributed by atoms with Crippen LogP contribution in [0.5, 0.6) is 5.75 Å². The summed E-state index contributed by atoms with van der Waals surface area (Å²) in [7, 11) is 3.69.